The van der Waals surface area contributed by atoms with Crippen molar-refractivity contribution in [3.8, 4) is 0 Å². The fourth-order valence-corrected chi connectivity index (χ4v) is 6.66. The third-order valence-electron chi connectivity index (χ3n) is 6.41. The van der Waals surface area contributed by atoms with Gasteiger partial charge in [0.2, 0.25) is 5.91 Å². The number of hydrogen-bond donors (Lipinski definition) is 0. The molecule has 1 fully saturated rings. The van der Waals surface area contributed by atoms with Crippen molar-refractivity contribution in [2.45, 2.75) is 69.5 Å². The summed E-state index contributed by atoms with van der Waals surface area (Å²) < 4.78 is 1.63. The van der Waals surface area contributed by atoms with Crippen LogP contribution in [0.4, 0.5) is 0 Å². The van der Waals surface area contributed by atoms with Crippen molar-refractivity contribution in [2.24, 2.45) is 13.0 Å². The van der Waals surface area contributed by atoms with Crippen LogP contribution in [-0.2, 0) is 24.7 Å². The summed E-state index contributed by atoms with van der Waals surface area (Å²) in [7, 11) is 3.70. The summed E-state index contributed by atoms with van der Waals surface area (Å²) in [5.74, 6) is 1.24. The van der Waals surface area contributed by atoms with E-state index in [4.69, 9.17) is 4.98 Å². The molecular formula is C21H29N3O2S2. The molecule has 0 atom stereocenters. The number of amides is 1. The lowest BCUT2D eigenvalue weighted by Crippen LogP contribution is -2.40. The van der Waals surface area contributed by atoms with Gasteiger partial charge < -0.3 is 4.90 Å². The van der Waals surface area contributed by atoms with Crippen molar-refractivity contribution in [3.63, 3.8) is 0 Å². The molecule has 2 heterocycles. The zero-order chi connectivity index (χ0) is 19.8. The Hall–Kier alpha value is -1.34. The van der Waals surface area contributed by atoms with Crippen molar-refractivity contribution < 1.29 is 4.79 Å². The van der Waals surface area contributed by atoms with E-state index in [-0.39, 0.29) is 11.5 Å². The van der Waals surface area contributed by atoms with Gasteiger partial charge in [-0.1, -0.05) is 18.7 Å². The van der Waals surface area contributed by atoms with Crippen LogP contribution in [0.3, 0.4) is 0 Å². The van der Waals surface area contributed by atoms with Gasteiger partial charge in [0.15, 0.2) is 5.16 Å². The molecule has 2 aliphatic carbocycles. The first kappa shape index (κ1) is 20.0. The normalized spacial score (nSPS) is 22.2. The molecule has 2 aromatic heterocycles. The highest BCUT2D eigenvalue weighted by Gasteiger charge is 2.26. The first-order chi connectivity index (χ1) is 13.5. The van der Waals surface area contributed by atoms with E-state index >= 15 is 0 Å². The Morgan fingerprint density at radius 1 is 1.25 bits per heavy atom. The number of carbonyl (C=O) groups excluding carboxylic acids is 1. The number of rotatable bonds is 4. The second-order valence-corrected chi connectivity index (χ2v) is 10.4. The molecular weight excluding hydrogens is 390 g/mol. The minimum atomic E-state index is 0.0361. The van der Waals surface area contributed by atoms with Gasteiger partial charge in [0.25, 0.3) is 5.56 Å². The van der Waals surface area contributed by atoms with Crippen molar-refractivity contribution in [3.05, 3.63) is 20.8 Å². The highest BCUT2D eigenvalue weighted by atomic mass is 32.2. The van der Waals surface area contributed by atoms with Gasteiger partial charge in [-0.25, -0.2) is 4.98 Å². The highest BCUT2D eigenvalue weighted by Crippen LogP contribution is 2.34. The number of fused-ring (bicyclic) bond motifs is 3. The lowest BCUT2D eigenvalue weighted by molar-refractivity contribution is -0.129. The number of thioether (sulfide) groups is 1. The van der Waals surface area contributed by atoms with Crippen molar-refractivity contribution >= 4 is 39.2 Å². The molecule has 0 unspecified atom stereocenters. The maximum Gasteiger partial charge on any atom is 0.262 e. The molecule has 0 radical (unpaired) electrons. The van der Waals surface area contributed by atoms with Gasteiger partial charge in [-0.15, -0.1) is 11.3 Å². The summed E-state index contributed by atoms with van der Waals surface area (Å²) in [6.45, 7) is 2.29. The molecule has 4 rings (SSSR count). The molecule has 1 saturated carbocycles. The summed E-state index contributed by atoms with van der Waals surface area (Å²) in [4.78, 5) is 34.5. The molecule has 0 bridgehead atoms. The summed E-state index contributed by atoms with van der Waals surface area (Å²) in [5, 5.41) is 1.46. The summed E-state index contributed by atoms with van der Waals surface area (Å²) in [5.41, 5.74) is 1.26. The van der Waals surface area contributed by atoms with E-state index in [1.54, 1.807) is 23.0 Å². The van der Waals surface area contributed by atoms with Crippen LogP contribution >= 0.6 is 23.1 Å². The molecule has 0 spiro atoms. The van der Waals surface area contributed by atoms with Gasteiger partial charge in [-0.05, 0) is 62.8 Å². The van der Waals surface area contributed by atoms with E-state index in [9.17, 15) is 9.59 Å². The van der Waals surface area contributed by atoms with Gasteiger partial charge in [0.1, 0.15) is 4.83 Å². The zero-order valence-corrected chi connectivity index (χ0v) is 18.6. The van der Waals surface area contributed by atoms with Gasteiger partial charge in [0, 0.05) is 25.0 Å². The van der Waals surface area contributed by atoms with E-state index in [0.717, 1.165) is 48.2 Å². The largest absolute Gasteiger partial charge is 0.342 e. The lowest BCUT2D eigenvalue weighted by atomic mass is 9.87. The minimum absolute atomic E-state index is 0.0361. The van der Waals surface area contributed by atoms with Crippen LogP contribution in [-0.4, -0.2) is 39.2 Å². The average molecular weight is 420 g/mol. The summed E-state index contributed by atoms with van der Waals surface area (Å²) in [6, 6.07) is 0.354. The molecule has 0 saturated heterocycles. The van der Waals surface area contributed by atoms with Gasteiger partial charge in [-0.2, -0.15) is 0 Å². The van der Waals surface area contributed by atoms with Crippen LogP contribution in [0, 0.1) is 5.92 Å². The summed E-state index contributed by atoms with van der Waals surface area (Å²) in [6.07, 6.45) is 8.99. The molecule has 152 valence electrons. The van der Waals surface area contributed by atoms with Crippen molar-refractivity contribution in [2.75, 3.05) is 12.8 Å². The predicted molar refractivity (Wildman–Crippen MR) is 116 cm³/mol. The molecule has 28 heavy (non-hydrogen) atoms. The topological polar surface area (TPSA) is 55.2 Å². The first-order valence-electron chi connectivity index (χ1n) is 10.4. The maximum absolute atomic E-state index is 13.0. The number of aryl methyl sites for hydroxylation is 2. The average Bonchev–Trinajstić information content (AvgIpc) is 3.07. The standard InChI is InChI=1S/C21H29N3O2S2/c1-13-8-10-14(11-9-13)23(2)17(25)12-27-21-22-19-18(20(26)24(21)3)15-6-4-5-7-16(15)28-19/h13-14H,4-12H2,1-3H3. The van der Waals surface area contributed by atoms with Crippen LogP contribution in [0.5, 0.6) is 0 Å². The van der Waals surface area contributed by atoms with Crippen LogP contribution in [0.25, 0.3) is 10.2 Å². The van der Waals surface area contributed by atoms with Crippen LogP contribution < -0.4 is 5.56 Å². The fraction of sp³-hybridized carbons (Fsp3) is 0.667. The Kier molecular flexibility index (Phi) is 5.83. The van der Waals surface area contributed by atoms with Gasteiger partial charge in [0.05, 0.1) is 11.1 Å². The molecule has 0 aromatic carbocycles. The lowest BCUT2D eigenvalue weighted by Gasteiger charge is -2.33. The fourth-order valence-electron chi connectivity index (χ4n) is 4.46. The van der Waals surface area contributed by atoms with E-state index in [2.05, 4.69) is 6.92 Å². The highest BCUT2D eigenvalue weighted by molar-refractivity contribution is 7.99. The monoisotopic (exact) mass is 419 g/mol. The zero-order valence-electron chi connectivity index (χ0n) is 17.0. The first-order valence-corrected chi connectivity index (χ1v) is 12.2. The number of nitrogens with zero attached hydrogens (tertiary/aromatic N) is 3. The van der Waals surface area contributed by atoms with Crippen molar-refractivity contribution in [1.29, 1.82) is 0 Å². The molecule has 0 aliphatic heterocycles. The number of aromatic nitrogens is 2. The Labute approximate surface area is 174 Å². The quantitative estimate of drug-likeness (QED) is 0.555. The Morgan fingerprint density at radius 3 is 2.71 bits per heavy atom. The number of thiophene rings is 1. The molecule has 2 aliphatic rings. The Morgan fingerprint density at radius 2 is 1.96 bits per heavy atom. The van der Waals surface area contributed by atoms with Gasteiger partial charge in [-0.3, -0.25) is 14.2 Å². The predicted octanol–water partition coefficient (Wildman–Crippen LogP) is 4.00. The number of hydrogen-bond acceptors (Lipinski definition) is 5. The molecule has 1 amide bonds. The Balaban J connectivity index is 1.49. The molecule has 0 N–H and O–H groups in total. The maximum atomic E-state index is 13.0. The van der Waals surface area contributed by atoms with Crippen LogP contribution in [0.1, 0.15) is 55.9 Å². The number of carbonyl (C=O) groups is 1. The smallest absolute Gasteiger partial charge is 0.262 e. The molecule has 2 aromatic rings. The second-order valence-electron chi connectivity index (χ2n) is 8.36. The minimum Gasteiger partial charge on any atom is -0.342 e. The van der Waals surface area contributed by atoms with E-state index in [1.165, 1.54) is 41.5 Å². The summed E-state index contributed by atoms with van der Waals surface area (Å²) >= 11 is 3.06. The third-order valence-corrected chi connectivity index (χ3v) is 8.61. The van der Waals surface area contributed by atoms with Gasteiger partial charge >= 0.3 is 0 Å². The molecule has 5 nitrogen and oxygen atoms in total. The second kappa shape index (κ2) is 8.19. The van der Waals surface area contributed by atoms with Crippen LogP contribution in [0.2, 0.25) is 0 Å². The molecule has 7 heteroatoms. The van der Waals surface area contributed by atoms with Crippen LogP contribution in [0.15, 0.2) is 9.95 Å². The van der Waals surface area contributed by atoms with E-state index < -0.39 is 0 Å². The third kappa shape index (κ3) is 3.75. The van der Waals surface area contributed by atoms with Crippen molar-refractivity contribution in [1.82, 2.24) is 14.5 Å². The Bertz CT molecular complexity index is 941. The SMILES string of the molecule is CC1CCC(N(C)C(=O)CSc2nc3sc4c(c3c(=O)n2C)CCCC4)CC1. The van der Waals surface area contributed by atoms with E-state index in [1.807, 2.05) is 11.9 Å². The van der Waals surface area contributed by atoms with E-state index in [0.29, 0.717) is 17.0 Å².